The number of methoxy groups -OCH3 is 1. The molecule has 1 fully saturated rings. The maximum atomic E-state index is 12.5. The van der Waals surface area contributed by atoms with Crippen molar-refractivity contribution in [3.63, 3.8) is 0 Å². The normalized spacial score (nSPS) is 21.0. The van der Waals surface area contributed by atoms with Crippen LogP contribution < -0.4 is 15.4 Å². The number of amides is 1. The molecule has 0 bridgehead atoms. The Morgan fingerprint density at radius 3 is 2.86 bits per heavy atom. The fraction of sp³-hybridized carbons (Fsp3) is 0.500. The summed E-state index contributed by atoms with van der Waals surface area (Å²) in [5.74, 6) is 0.0696. The zero-order valence-electron chi connectivity index (χ0n) is 12.1. The first kappa shape index (κ1) is 15.2. The molecule has 0 spiro atoms. The second-order valence-electron chi connectivity index (χ2n) is 5.16. The number of nitrogens with zero attached hydrogens (tertiary/aromatic N) is 1. The van der Waals surface area contributed by atoms with Crippen LogP contribution in [-0.4, -0.2) is 31.0 Å². The predicted molar refractivity (Wildman–Crippen MR) is 78.5 cm³/mol. The van der Waals surface area contributed by atoms with Gasteiger partial charge in [-0.2, -0.15) is 0 Å². The molecular formula is C14H19N3O4. The Balaban J connectivity index is 2.21. The van der Waals surface area contributed by atoms with Crippen molar-refractivity contribution in [2.75, 3.05) is 25.5 Å². The van der Waals surface area contributed by atoms with Crippen molar-refractivity contribution >= 4 is 17.3 Å². The van der Waals surface area contributed by atoms with Crippen LogP contribution in [0.5, 0.6) is 5.75 Å². The highest BCUT2D eigenvalue weighted by atomic mass is 16.6. The third-order valence-electron chi connectivity index (χ3n) is 4.04. The molecule has 1 heterocycles. The van der Waals surface area contributed by atoms with Gasteiger partial charge in [0, 0.05) is 18.3 Å². The Hall–Kier alpha value is -2.15. The average molecular weight is 293 g/mol. The van der Waals surface area contributed by atoms with E-state index >= 15 is 0 Å². The number of rotatable bonds is 5. The van der Waals surface area contributed by atoms with Crippen molar-refractivity contribution in [1.82, 2.24) is 5.32 Å². The van der Waals surface area contributed by atoms with Crippen LogP contribution in [0.2, 0.25) is 0 Å². The minimum atomic E-state index is -0.527. The number of nitrogens with one attached hydrogen (secondary N) is 2. The second kappa shape index (κ2) is 6.09. The molecule has 7 nitrogen and oxygen atoms in total. The molecular weight excluding hydrogens is 274 g/mol. The predicted octanol–water partition coefficient (Wildman–Crippen LogP) is 1.93. The van der Waals surface area contributed by atoms with E-state index in [1.54, 1.807) is 6.07 Å². The van der Waals surface area contributed by atoms with Crippen LogP contribution in [0.15, 0.2) is 18.2 Å². The van der Waals surface area contributed by atoms with Gasteiger partial charge in [0.1, 0.15) is 0 Å². The third kappa shape index (κ3) is 2.97. The molecule has 0 aromatic heterocycles. The van der Waals surface area contributed by atoms with E-state index in [0.29, 0.717) is 12.2 Å². The Labute approximate surface area is 122 Å². The Bertz CT molecular complexity index is 553. The Kier molecular flexibility index (Phi) is 4.42. The van der Waals surface area contributed by atoms with Crippen LogP contribution in [0.3, 0.4) is 0 Å². The standard InChI is InChI=1S/C14H19N3O4/c1-3-14(6-7-15-9-14)13(18)16-10-4-5-12(21-2)11(8-10)17(19)20/h4-5,8,15H,3,6-7,9H2,1-2H3,(H,16,18). The summed E-state index contributed by atoms with van der Waals surface area (Å²) in [6.45, 7) is 3.42. The quantitative estimate of drug-likeness (QED) is 0.639. The van der Waals surface area contributed by atoms with Crippen molar-refractivity contribution in [2.24, 2.45) is 5.41 Å². The highest BCUT2D eigenvalue weighted by Crippen LogP contribution is 2.33. The van der Waals surface area contributed by atoms with Gasteiger partial charge in [-0.15, -0.1) is 0 Å². The first-order chi connectivity index (χ1) is 10.0. The lowest BCUT2D eigenvalue weighted by atomic mass is 9.83. The number of carbonyl (C=O) groups is 1. The molecule has 21 heavy (non-hydrogen) atoms. The van der Waals surface area contributed by atoms with Gasteiger partial charge in [-0.05, 0) is 31.5 Å². The van der Waals surface area contributed by atoms with Gasteiger partial charge >= 0.3 is 5.69 Å². The van der Waals surface area contributed by atoms with Crippen LogP contribution in [0.1, 0.15) is 19.8 Å². The molecule has 2 N–H and O–H groups in total. The van der Waals surface area contributed by atoms with Gasteiger partial charge in [0.2, 0.25) is 5.91 Å². The molecule has 1 atom stereocenters. The fourth-order valence-corrected chi connectivity index (χ4v) is 2.57. The first-order valence-electron chi connectivity index (χ1n) is 6.87. The molecule has 1 aliphatic rings. The van der Waals surface area contributed by atoms with E-state index in [2.05, 4.69) is 10.6 Å². The summed E-state index contributed by atoms with van der Waals surface area (Å²) < 4.78 is 4.94. The van der Waals surface area contributed by atoms with Crippen LogP contribution in [0, 0.1) is 15.5 Å². The Morgan fingerprint density at radius 2 is 2.33 bits per heavy atom. The third-order valence-corrected chi connectivity index (χ3v) is 4.04. The summed E-state index contributed by atoms with van der Waals surface area (Å²) in [7, 11) is 1.37. The van der Waals surface area contributed by atoms with Gasteiger partial charge in [-0.25, -0.2) is 0 Å². The van der Waals surface area contributed by atoms with E-state index in [4.69, 9.17) is 4.74 Å². The van der Waals surface area contributed by atoms with Crippen LogP contribution >= 0.6 is 0 Å². The highest BCUT2D eigenvalue weighted by Gasteiger charge is 2.39. The Morgan fingerprint density at radius 1 is 1.57 bits per heavy atom. The van der Waals surface area contributed by atoms with Gasteiger partial charge in [0.05, 0.1) is 17.4 Å². The summed E-state index contributed by atoms with van der Waals surface area (Å²) in [5.41, 5.74) is -0.188. The second-order valence-corrected chi connectivity index (χ2v) is 5.16. The number of carbonyl (C=O) groups excluding carboxylic acids is 1. The summed E-state index contributed by atoms with van der Waals surface area (Å²) in [6, 6.07) is 4.41. The monoisotopic (exact) mass is 293 g/mol. The number of hydrogen-bond donors (Lipinski definition) is 2. The fourth-order valence-electron chi connectivity index (χ4n) is 2.57. The van der Waals surface area contributed by atoms with Crippen molar-refractivity contribution in [2.45, 2.75) is 19.8 Å². The average Bonchev–Trinajstić information content (AvgIpc) is 2.97. The first-order valence-corrected chi connectivity index (χ1v) is 6.87. The van der Waals surface area contributed by atoms with Gasteiger partial charge in [0.25, 0.3) is 0 Å². The van der Waals surface area contributed by atoms with E-state index in [1.165, 1.54) is 19.2 Å². The lowest BCUT2D eigenvalue weighted by molar-refractivity contribution is -0.385. The van der Waals surface area contributed by atoms with Crippen molar-refractivity contribution in [3.05, 3.63) is 28.3 Å². The summed E-state index contributed by atoms with van der Waals surface area (Å²) >= 11 is 0. The summed E-state index contributed by atoms with van der Waals surface area (Å²) in [5, 5.41) is 17.0. The van der Waals surface area contributed by atoms with Crippen LogP contribution in [-0.2, 0) is 4.79 Å². The van der Waals surface area contributed by atoms with E-state index in [1.807, 2.05) is 6.92 Å². The summed E-state index contributed by atoms with van der Waals surface area (Å²) in [6.07, 6.45) is 1.50. The SMILES string of the molecule is CCC1(C(=O)Nc2ccc(OC)c([N+](=O)[O-])c2)CCNC1. The topological polar surface area (TPSA) is 93.5 Å². The van der Waals surface area contributed by atoms with E-state index < -0.39 is 10.3 Å². The molecule has 114 valence electrons. The molecule has 1 aliphatic heterocycles. The molecule has 1 saturated heterocycles. The molecule has 0 saturated carbocycles. The summed E-state index contributed by atoms with van der Waals surface area (Å²) in [4.78, 5) is 22.9. The van der Waals surface area contributed by atoms with Crippen molar-refractivity contribution in [3.8, 4) is 5.75 Å². The minimum Gasteiger partial charge on any atom is -0.490 e. The number of anilines is 1. The number of nitro benzene ring substituents is 1. The highest BCUT2D eigenvalue weighted by molar-refractivity contribution is 5.96. The van der Waals surface area contributed by atoms with E-state index in [-0.39, 0.29) is 17.3 Å². The number of ether oxygens (including phenoxy) is 1. The maximum Gasteiger partial charge on any atom is 0.312 e. The zero-order chi connectivity index (χ0) is 15.5. The van der Waals surface area contributed by atoms with E-state index in [9.17, 15) is 14.9 Å². The molecule has 1 aromatic carbocycles. The molecule has 1 amide bonds. The number of nitro groups is 1. The van der Waals surface area contributed by atoms with Crippen molar-refractivity contribution < 1.29 is 14.5 Å². The number of benzene rings is 1. The molecule has 1 aromatic rings. The van der Waals surface area contributed by atoms with Gasteiger partial charge < -0.3 is 15.4 Å². The molecule has 0 aliphatic carbocycles. The minimum absolute atomic E-state index is 0.102. The van der Waals surface area contributed by atoms with Crippen molar-refractivity contribution in [1.29, 1.82) is 0 Å². The van der Waals surface area contributed by atoms with E-state index in [0.717, 1.165) is 19.4 Å². The number of hydrogen-bond acceptors (Lipinski definition) is 5. The molecule has 7 heteroatoms. The molecule has 2 rings (SSSR count). The largest absolute Gasteiger partial charge is 0.490 e. The van der Waals surface area contributed by atoms with Gasteiger partial charge in [-0.3, -0.25) is 14.9 Å². The lowest BCUT2D eigenvalue weighted by Crippen LogP contribution is -2.37. The maximum absolute atomic E-state index is 12.5. The van der Waals surface area contributed by atoms with Crippen LogP contribution in [0.25, 0.3) is 0 Å². The lowest BCUT2D eigenvalue weighted by Gasteiger charge is -2.25. The molecule has 1 unspecified atom stereocenters. The van der Waals surface area contributed by atoms with Gasteiger partial charge in [-0.1, -0.05) is 6.92 Å². The van der Waals surface area contributed by atoms with Crippen LogP contribution in [0.4, 0.5) is 11.4 Å². The zero-order valence-corrected chi connectivity index (χ0v) is 12.1. The van der Waals surface area contributed by atoms with Gasteiger partial charge in [0.15, 0.2) is 5.75 Å². The molecule has 0 radical (unpaired) electrons. The smallest absolute Gasteiger partial charge is 0.312 e.